The lowest BCUT2D eigenvalue weighted by molar-refractivity contribution is 1.28. The van der Waals surface area contributed by atoms with Crippen molar-refractivity contribution in [2.45, 2.75) is 0 Å². The summed E-state index contributed by atoms with van der Waals surface area (Å²) in [7, 11) is 0. The number of hydrogen-bond donors (Lipinski definition) is 0. The Hall–Kier alpha value is -6.44. The minimum absolute atomic E-state index is 1.11. The summed E-state index contributed by atoms with van der Waals surface area (Å²) in [5.41, 5.74) is 15.4. The van der Waals surface area contributed by atoms with Gasteiger partial charge in [-0.3, -0.25) is 0 Å². The molecule has 0 atom stereocenters. The van der Waals surface area contributed by atoms with Gasteiger partial charge in [-0.2, -0.15) is 0 Å². The molecule has 0 aromatic heterocycles. The topological polar surface area (TPSA) is 3.24 Å². The van der Waals surface area contributed by atoms with Crippen molar-refractivity contribution >= 4 is 17.1 Å². The highest BCUT2D eigenvalue weighted by molar-refractivity contribution is 5.89. The van der Waals surface area contributed by atoms with E-state index in [0.29, 0.717) is 0 Å². The van der Waals surface area contributed by atoms with Crippen molar-refractivity contribution in [3.8, 4) is 55.6 Å². The molecule has 1 heteroatoms. The third-order valence-corrected chi connectivity index (χ3v) is 9.11. The maximum atomic E-state index is 2.34. The molecule has 0 spiro atoms. The largest absolute Gasteiger partial charge is 0.310 e. The molecule has 232 valence electrons. The first-order chi connectivity index (χ1) is 24.3. The predicted octanol–water partition coefficient (Wildman–Crippen LogP) is 13.5. The molecule has 0 saturated heterocycles. The first-order valence-corrected chi connectivity index (χ1v) is 16.8. The molecule has 0 saturated carbocycles. The zero-order valence-corrected chi connectivity index (χ0v) is 27.2. The van der Waals surface area contributed by atoms with Crippen LogP contribution >= 0.6 is 0 Å². The van der Waals surface area contributed by atoms with E-state index in [1.54, 1.807) is 0 Å². The summed E-state index contributed by atoms with van der Waals surface area (Å²) in [6, 6.07) is 75.9. The Morgan fingerprint density at radius 3 is 0.980 bits per heavy atom. The highest BCUT2D eigenvalue weighted by Gasteiger charge is 2.16. The molecular formula is C48H35N. The fourth-order valence-electron chi connectivity index (χ4n) is 6.57. The van der Waals surface area contributed by atoms with Crippen molar-refractivity contribution in [3.63, 3.8) is 0 Å². The molecule has 0 aliphatic heterocycles. The second-order valence-electron chi connectivity index (χ2n) is 12.2. The number of para-hydroxylation sites is 1. The van der Waals surface area contributed by atoms with Gasteiger partial charge in [0.05, 0.1) is 0 Å². The van der Waals surface area contributed by atoms with Crippen molar-refractivity contribution < 1.29 is 0 Å². The Morgan fingerprint density at radius 1 is 0.204 bits per heavy atom. The normalized spacial score (nSPS) is 10.9. The molecule has 1 nitrogen and oxygen atoms in total. The fourth-order valence-corrected chi connectivity index (χ4v) is 6.57. The second-order valence-corrected chi connectivity index (χ2v) is 12.2. The highest BCUT2D eigenvalue weighted by Crippen LogP contribution is 2.41. The van der Waals surface area contributed by atoms with Crippen LogP contribution in [0.15, 0.2) is 212 Å². The SMILES string of the molecule is c1ccc(-c2ccc(-c3ccc(-c4ccc(N(c5ccccc5)c5ccc(-c6ccccc6)cc5)cc4-c4ccccc4)cc3)cc2)cc1. The van der Waals surface area contributed by atoms with Crippen LogP contribution in [0.1, 0.15) is 0 Å². The van der Waals surface area contributed by atoms with Crippen LogP contribution in [0, 0.1) is 0 Å². The van der Waals surface area contributed by atoms with E-state index in [-0.39, 0.29) is 0 Å². The minimum Gasteiger partial charge on any atom is -0.310 e. The smallest absolute Gasteiger partial charge is 0.0468 e. The van der Waals surface area contributed by atoms with Crippen LogP contribution < -0.4 is 4.90 Å². The molecular weight excluding hydrogens is 591 g/mol. The number of rotatable bonds is 8. The van der Waals surface area contributed by atoms with Gasteiger partial charge >= 0.3 is 0 Å². The predicted molar refractivity (Wildman–Crippen MR) is 208 cm³/mol. The molecule has 0 fully saturated rings. The average Bonchev–Trinajstić information content (AvgIpc) is 3.20. The summed E-state index contributed by atoms with van der Waals surface area (Å²) < 4.78 is 0. The number of hydrogen-bond acceptors (Lipinski definition) is 1. The number of nitrogens with zero attached hydrogens (tertiary/aromatic N) is 1. The lowest BCUT2D eigenvalue weighted by Crippen LogP contribution is -2.10. The van der Waals surface area contributed by atoms with E-state index in [9.17, 15) is 0 Å². The zero-order chi connectivity index (χ0) is 32.8. The monoisotopic (exact) mass is 625 g/mol. The van der Waals surface area contributed by atoms with E-state index in [1.165, 1.54) is 55.6 Å². The Kier molecular flexibility index (Phi) is 8.39. The molecule has 0 bridgehead atoms. The molecule has 0 aliphatic carbocycles. The van der Waals surface area contributed by atoms with Crippen LogP contribution in [0.4, 0.5) is 17.1 Å². The molecule has 49 heavy (non-hydrogen) atoms. The molecule has 0 N–H and O–H groups in total. The Bertz CT molecular complexity index is 2260. The summed E-state index contributed by atoms with van der Waals surface area (Å²) >= 11 is 0. The average molecular weight is 626 g/mol. The van der Waals surface area contributed by atoms with Gasteiger partial charge in [-0.25, -0.2) is 0 Å². The van der Waals surface area contributed by atoms with E-state index in [4.69, 9.17) is 0 Å². The van der Waals surface area contributed by atoms with E-state index in [1.807, 2.05) is 0 Å². The van der Waals surface area contributed by atoms with Gasteiger partial charge in [0.2, 0.25) is 0 Å². The van der Waals surface area contributed by atoms with Gasteiger partial charge in [0.25, 0.3) is 0 Å². The summed E-state index contributed by atoms with van der Waals surface area (Å²) in [6.45, 7) is 0. The zero-order valence-electron chi connectivity index (χ0n) is 27.2. The molecule has 0 aliphatic rings. The van der Waals surface area contributed by atoms with Crippen molar-refractivity contribution in [1.82, 2.24) is 0 Å². The molecule has 0 radical (unpaired) electrons. The van der Waals surface area contributed by atoms with Gasteiger partial charge in [-0.15, -0.1) is 0 Å². The van der Waals surface area contributed by atoms with E-state index >= 15 is 0 Å². The molecule has 0 amide bonds. The summed E-state index contributed by atoms with van der Waals surface area (Å²) in [5, 5.41) is 0. The van der Waals surface area contributed by atoms with Crippen LogP contribution in [0.5, 0.6) is 0 Å². The lowest BCUT2D eigenvalue weighted by atomic mass is 9.92. The van der Waals surface area contributed by atoms with Crippen molar-refractivity contribution in [2.75, 3.05) is 4.90 Å². The first-order valence-electron chi connectivity index (χ1n) is 16.8. The van der Waals surface area contributed by atoms with Crippen LogP contribution in [0.3, 0.4) is 0 Å². The fraction of sp³-hybridized carbons (Fsp3) is 0. The lowest BCUT2D eigenvalue weighted by Gasteiger charge is -2.27. The number of benzene rings is 8. The van der Waals surface area contributed by atoms with Crippen molar-refractivity contribution in [2.24, 2.45) is 0 Å². The highest BCUT2D eigenvalue weighted by atomic mass is 15.1. The Labute approximate surface area is 289 Å². The summed E-state index contributed by atoms with van der Waals surface area (Å²) in [5.74, 6) is 0. The Morgan fingerprint density at radius 2 is 0.510 bits per heavy atom. The van der Waals surface area contributed by atoms with E-state index in [0.717, 1.165) is 17.1 Å². The van der Waals surface area contributed by atoms with E-state index < -0.39 is 0 Å². The van der Waals surface area contributed by atoms with Crippen LogP contribution in [0.25, 0.3) is 55.6 Å². The molecule has 8 aromatic carbocycles. The minimum atomic E-state index is 1.11. The van der Waals surface area contributed by atoms with Crippen LogP contribution in [-0.4, -0.2) is 0 Å². The van der Waals surface area contributed by atoms with Gasteiger partial charge < -0.3 is 4.90 Å². The van der Waals surface area contributed by atoms with Gasteiger partial charge in [0.1, 0.15) is 0 Å². The maximum absolute atomic E-state index is 2.34. The van der Waals surface area contributed by atoms with E-state index in [2.05, 4.69) is 217 Å². The molecule has 0 unspecified atom stereocenters. The van der Waals surface area contributed by atoms with Crippen LogP contribution in [-0.2, 0) is 0 Å². The van der Waals surface area contributed by atoms with Gasteiger partial charge in [0, 0.05) is 17.1 Å². The third kappa shape index (κ3) is 6.43. The standard InChI is InChI=1S/C48H35N/c1-5-13-36(14-6-1)38-21-23-39(24-22-38)40-25-27-43(28-26-40)47-34-33-46(35-48(47)42-17-9-3-10-18-42)49(44-19-11-4-12-20-44)45-31-29-41(30-32-45)37-15-7-2-8-16-37/h1-35H. The first kappa shape index (κ1) is 29.9. The molecule has 8 rings (SSSR count). The third-order valence-electron chi connectivity index (χ3n) is 9.11. The quantitative estimate of drug-likeness (QED) is 0.162. The second kappa shape index (κ2) is 13.7. The van der Waals surface area contributed by atoms with Crippen molar-refractivity contribution in [3.05, 3.63) is 212 Å². The van der Waals surface area contributed by atoms with Crippen LogP contribution in [0.2, 0.25) is 0 Å². The van der Waals surface area contributed by atoms with Gasteiger partial charge in [-0.1, -0.05) is 176 Å². The Balaban J connectivity index is 1.16. The van der Waals surface area contributed by atoms with Crippen molar-refractivity contribution in [1.29, 1.82) is 0 Å². The van der Waals surface area contributed by atoms with Gasteiger partial charge in [-0.05, 0) is 92.0 Å². The summed E-state index contributed by atoms with van der Waals surface area (Å²) in [4.78, 5) is 2.34. The molecule has 0 heterocycles. The molecule has 8 aromatic rings. The number of anilines is 3. The summed E-state index contributed by atoms with van der Waals surface area (Å²) in [6.07, 6.45) is 0. The van der Waals surface area contributed by atoms with Gasteiger partial charge in [0.15, 0.2) is 0 Å². The maximum Gasteiger partial charge on any atom is 0.0468 e.